The highest BCUT2D eigenvalue weighted by Crippen LogP contribution is 2.48. The number of nitrogens with two attached hydrogens (primary N) is 1. The van der Waals surface area contributed by atoms with Crippen LogP contribution in [0.4, 0.5) is 0 Å². The zero-order valence-electron chi connectivity index (χ0n) is 84.2. The van der Waals surface area contributed by atoms with E-state index in [1.807, 2.05) is 293 Å². The number of hydrogen-bond donors (Lipinski definition) is 2. The third-order valence-corrected chi connectivity index (χ3v) is 19.4. The van der Waals surface area contributed by atoms with Crippen molar-refractivity contribution in [3.63, 3.8) is 0 Å². The number of rotatable bonds is 21. The highest BCUT2D eigenvalue weighted by molar-refractivity contribution is 5.86. The molecule has 10 aromatic rings. The summed E-state index contributed by atoms with van der Waals surface area (Å²) in [5.41, 5.74) is 26.6. The van der Waals surface area contributed by atoms with Crippen LogP contribution in [-0.2, 0) is 89.4 Å². The lowest BCUT2D eigenvalue weighted by Crippen LogP contribution is -2.40. The van der Waals surface area contributed by atoms with Crippen molar-refractivity contribution in [3.05, 3.63) is 310 Å². The molecule has 4 aliphatic carbocycles. The molecule has 0 unspecified atom stereocenters. The lowest BCUT2D eigenvalue weighted by atomic mass is 9.98. The fourth-order valence-electron chi connectivity index (χ4n) is 13.8. The molecule has 14 rings (SSSR count). The number of benzene rings is 10. The van der Waals surface area contributed by atoms with Gasteiger partial charge >= 0.3 is 41.8 Å². The Kier molecular flexibility index (Phi) is 58.7. The SMILES string of the molecule is CC.CC.CC.CC.CC.CC(=O)OCC1c2ccccc2-c2ccccc21.CC(=O)OCC1c2ccccc2-c2ccccc21.CC(C)(C)OC(=O)CCOCc1ccccc1.CC(C)[C@H](N)C(=O)OC(C)(C)C.CCC(=O)OC(C)(C)C.CCC(=O)OCC1c2ccccc2-c2ccccc21.CCOCc1ccccc1.Cl.O=C(CO)OCC1c2ccccc2-c2ccccc21. The highest BCUT2D eigenvalue weighted by atomic mass is 35.5. The number of fused-ring (bicyclic) bond motifs is 12. The Balaban J connectivity index is 0.000000757. The predicted octanol–water partition coefficient (Wildman–Crippen LogP) is 26.6. The fourth-order valence-corrected chi connectivity index (χ4v) is 13.8. The number of aliphatic hydroxyl groups is 1. The number of carbonyl (C=O) groups excluding carboxylic acids is 7. The van der Waals surface area contributed by atoms with Crippen LogP contribution in [0.5, 0.6) is 0 Å². The van der Waals surface area contributed by atoms with Crippen molar-refractivity contribution in [2.75, 3.05) is 46.2 Å². The third kappa shape index (κ3) is 42.2. The second-order valence-corrected chi connectivity index (χ2v) is 32.6. The molecule has 0 saturated carbocycles. The number of carbonyl (C=O) groups is 7. The van der Waals surface area contributed by atoms with Crippen LogP contribution in [0.3, 0.4) is 0 Å². The molecule has 0 radical (unpaired) electrons. The molecule has 0 fully saturated rings. The molecule has 0 saturated heterocycles. The molecule has 0 aromatic heterocycles. The normalized spacial score (nSPS) is 11.6. The number of hydrogen-bond acceptors (Lipinski definition) is 18. The summed E-state index contributed by atoms with van der Waals surface area (Å²) in [7, 11) is 0. The van der Waals surface area contributed by atoms with Crippen molar-refractivity contribution < 1.29 is 81.3 Å². The highest BCUT2D eigenvalue weighted by Gasteiger charge is 2.33. The maximum atomic E-state index is 11.4. The predicted molar refractivity (Wildman–Crippen MR) is 545 cm³/mol. The van der Waals surface area contributed by atoms with Crippen molar-refractivity contribution >= 4 is 54.2 Å². The third-order valence-electron chi connectivity index (χ3n) is 19.4. The average molecular weight is 1850 g/mol. The van der Waals surface area contributed by atoms with Crippen LogP contribution in [0.15, 0.2) is 255 Å². The molecule has 724 valence electrons. The largest absolute Gasteiger partial charge is 0.465 e. The summed E-state index contributed by atoms with van der Waals surface area (Å²) in [5.74, 6) is -1.16. The van der Waals surface area contributed by atoms with Gasteiger partial charge in [-0.1, -0.05) is 352 Å². The van der Waals surface area contributed by atoms with E-state index < -0.39 is 29.8 Å². The minimum atomic E-state index is -0.582. The van der Waals surface area contributed by atoms with E-state index in [0.717, 1.165) is 18.8 Å². The van der Waals surface area contributed by atoms with Gasteiger partial charge in [0, 0.05) is 57.0 Å². The smallest absolute Gasteiger partial charge is 0.331 e. The van der Waals surface area contributed by atoms with Crippen molar-refractivity contribution in [3.8, 4) is 44.5 Å². The lowest BCUT2D eigenvalue weighted by Gasteiger charge is -2.23. The molecule has 0 aliphatic heterocycles. The van der Waals surface area contributed by atoms with Gasteiger partial charge < -0.3 is 53.5 Å². The van der Waals surface area contributed by atoms with Crippen LogP contribution < -0.4 is 5.73 Å². The van der Waals surface area contributed by atoms with Crippen LogP contribution >= 0.6 is 12.4 Å². The first-order chi connectivity index (χ1) is 63.3. The quantitative estimate of drug-likeness (QED) is 0.0385. The van der Waals surface area contributed by atoms with Crippen molar-refractivity contribution in [2.45, 2.75) is 259 Å². The molecule has 1 atom stereocenters. The van der Waals surface area contributed by atoms with Gasteiger partial charge in [0.05, 0.1) is 26.2 Å². The first kappa shape index (κ1) is 120. The summed E-state index contributed by atoms with van der Waals surface area (Å²) in [5, 5.41) is 8.72. The van der Waals surface area contributed by atoms with Crippen LogP contribution in [0, 0.1) is 5.92 Å². The van der Waals surface area contributed by atoms with Gasteiger partial charge in [-0.15, -0.1) is 12.4 Å². The van der Waals surface area contributed by atoms with E-state index in [0.29, 0.717) is 52.3 Å². The number of aliphatic hydroxyl groups excluding tert-OH is 1. The van der Waals surface area contributed by atoms with E-state index in [4.69, 9.17) is 53.5 Å². The molecule has 0 heterocycles. The van der Waals surface area contributed by atoms with Crippen molar-refractivity contribution in [1.82, 2.24) is 0 Å². The van der Waals surface area contributed by atoms with Crippen molar-refractivity contribution in [1.29, 1.82) is 0 Å². The molecule has 133 heavy (non-hydrogen) atoms. The molecule has 0 amide bonds. The second-order valence-electron chi connectivity index (χ2n) is 32.6. The van der Waals surface area contributed by atoms with Gasteiger partial charge in [0.25, 0.3) is 0 Å². The molecule has 18 nitrogen and oxygen atoms in total. The zero-order valence-corrected chi connectivity index (χ0v) is 85.0. The summed E-state index contributed by atoms with van der Waals surface area (Å²) in [6.07, 6.45) is 1.18. The van der Waals surface area contributed by atoms with Crippen LogP contribution in [0.25, 0.3) is 44.5 Å². The summed E-state index contributed by atoms with van der Waals surface area (Å²) in [4.78, 5) is 77.7. The maximum Gasteiger partial charge on any atom is 0.331 e. The van der Waals surface area contributed by atoms with Crippen molar-refractivity contribution in [2.24, 2.45) is 11.7 Å². The maximum absolute atomic E-state index is 11.4. The Morgan fingerprint density at radius 1 is 0.323 bits per heavy atom. The monoisotopic (exact) mass is 1840 g/mol. The molecule has 10 aromatic carbocycles. The van der Waals surface area contributed by atoms with E-state index in [-0.39, 0.29) is 90.0 Å². The Hall–Kier alpha value is -11.4. The Morgan fingerprint density at radius 2 is 0.556 bits per heavy atom. The first-order valence-electron chi connectivity index (χ1n) is 46.8. The van der Waals surface area contributed by atoms with Gasteiger partial charge in [-0.2, -0.15) is 0 Å². The minimum absolute atomic E-state index is 0. The molecule has 19 heteroatoms. The topological polar surface area (TPSA) is 249 Å². The van der Waals surface area contributed by atoms with Crippen LogP contribution in [0.2, 0.25) is 0 Å². The number of ether oxygens (including phenoxy) is 9. The van der Waals surface area contributed by atoms with E-state index >= 15 is 0 Å². The Morgan fingerprint density at radius 3 is 0.782 bits per heavy atom. The Bertz CT molecular complexity index is 4580. The van der Waals surface area contributed by atoms with Crippen LogP contribution in [-0.4, -0.2) is 116 Å². The zero-order chi connectivity index (χ0) is 98.9. The summed E-state index contributed by atoms with van der Waals surface area (Å²) < 4.78 is 46.7. The molecule has 4 aliphatic rings. The average Bonchev–Trinajstić information content (AvgIpc) is 1.64. The molecular formula is C114H154ClNO17. The lowest BCUT2D eigenvalue weighted by molar-refractivity contribution is -0.158. The van der Waals surface area contributed by atoms with Gasteiger partial charge in [-0.05, 0) is 175 Å². The first-order valence-corrected chi connectivity index (χ1v) is 46.8. The Labute approximate surface area is 802 Å². The van der Waals surface area contributed by atoms with Gasteiger partial charge in [-0.25, -0.2) is 4.79 Å². The van der Waals surface area contributed by atoms with Crippen LogP contribution in [0.1, 0.15) is 279 Å². The molecule has 3 N–H and O–H groups in total. The molecule has 0 bridgehead atoms. The second kappa shape index (κ2) is 65.3. The number of esters is 7. The fraction of sp³-hybridized carbons (Fsp3) is 0.412. The number of halogens is 1. The van der Waals surface area contributed by atoms with E-state index in [2.05, 4.69) is 121 Å². The van der Waals surface area contributed by atoms with E-state index in [1.165, 1.54) is 108 Å². The van der Waals surface area contributed by atoms with Gasteiger partial charge in [0.2, 0.25) is 0 Å². The van der Waals surface area contributed by atoms with E-state index in [1.54, 1.807) is 6.92 Å². The van der Waals surface area contributed by atoms with Gasteiger partial charge in [0.15, 0.2) is 0 Å². The van der Waals surface area contributed by atoms with Gasteiger partial charge in [0.1, 0.15) is 55.9 Å². The summed E-state index contributed by atoms with van der Waals surface area (Å²) >= 11 is 0. The minimum Gasteiger partial charge on any atom is -0.465 e. The molecular weight excluding hydrogens is 1690 g/mol. The van der Waals surface area contributed by atoms with Gasteiger partial charge in [-0.3, -0.25) is 28.8 Å². The standard InChI is InChI=1S/C17H16O2.C16H14O3.2C16H14O2.C14H20O3.C9H19NO2.C9H12O.C7H14O2.5C2H6.ClH/c1-2-17(18)19-11-16-14-9-5-3-7-12(14)13-8-4-6-10-15(13)16;17-9-16(18)19-10-15-13-7-3-1-5-11(13)12-6-2-4-8-14(12)15;2*1-11(17)18-10-16-14-8-4-2-6-12(14)13-7-3-5-9-15(13)16;1-14(2,3)17-13(15)9-10-16-11-12-7-5-4-6-8-12;1-6(2)7(10)8(11)12-9(3,4)5;1-2-10-8-9-6-4-3-5-7-9;1-5-6(8)9-7(2,3)4;5*1-2;/h3-10,16H,2,11H2,1H3;1-8,15,17H,9-10H2;2*2-9,16H,10H2,1H3;4-8H,9-11H2,1-3H3;6-7H,10H2,1-5H3;3-7H,2,8H2,1H3;5H2,1-4H3;5*1-2H3;1H/t;;;;;7-;;;;;;;;/m.....0......../s1. The summed E-state index contributed by atoms with van der Waals surface area (Å²) in [6.45, 7) is 52.4. The molecule has 0 spiro atoms. The van der Waals surface area contributed by atoms with E-state index in [9.17, 15) is 33.6 Å². The summed E-state index contributed by atoms with van der Waals surface area (Å²) in [6, 6.07) is 85.8.